The molecule has 1 heterocycles. The molecule has 3 N–H and O–H groups in total. The van der Waals surface area contributed by atoms with E-state index in [0.29, 0.717) is 52.2 Å². The molecule has 6 rings (SSSR count). The molecule has 0 atom stereocenters. The Morgan fingerprint density at radius 3 is 2.51 bits per heavy atom. The summed E-state index contributed by atoms with van der Waals surface area (Å²) in [6.45, 7) is 4.11. The second-order valence-corrected chi connectivity index (χ2v) is 12.2. The van der Waals surface area contributed by atoms with E-state index >= 15 is 0 Å². The fourth-order valence-electron chi connectivity index (χ4n) is 5.35. The van der Waals surface area contributed by atoms with Gasteiger partial charge in [0.05, 0.1) is 23.1 Å². The maximum Gasteiger partial charge on any atom is 0.265 e. The molecule has 11 heteroatoms. The number of carbonyl (C=O) groups is 3. The van der Waals surface area contributed by atoms with Crippen LogP contribution in [-0.2, 0) is 11.4 Å². The monoisotopic (exact) mass is 677 g/mol. The lowest BCUT2D eigenvalue weighted by molar-refractivity contribution is -0.120. The molecule has 10 nitrogen and oxygen atoms in total. The zero-order valence-corrected chi connectivity index (χ0v) is 27.9. The number of rotatable bonds is 13. The highest BCUT2D eigenvalue weighted by Gasteiger charge is 2.25. The predicted octanol–water partition coefficient (Wildman–Crippen LogP) is 6.55. The molecule has 1 aliphatic carbocycles. The number of halogens is 1. The Morgan fingerprint density at radius 1 is 0.959 bits per heavy atom. The zero-order chi connectivity index (χ0) is 34.5. The molecule has 0 spiro atoms. The van der Waals surface area contributed by atoms with E-state index in [-0.39, 0.29) is 41.6 Å². The summed E-state index contributed by atoms with van der Waals surface area (Å²) >= 11 is 6.32. The van der Waals surface area contributed by atoms with E-state index in [1.165, 1.54) is 10.9 Å². The Morgan fingerprint density at radius 2 is 1.76 bits per heavy atom. The molecule has 250 valence electrons. The molecule has 1 aromatic heterocycles. The summed E-state index contributed by atoms with van der Waals surface area (Å²) in [5.74, 6) is 0.137. The first-order valence-electron chi connectivity index (χ1n) is 16.0. The normalized spacial score (nSPS) is 12.3. The van der Waals surface area contributed by atoms with Crippen molar-refractivity contribution in [3.05, 3.63) is 130 Å². The number of aryl methyl sites for hydroxylation is 1. The van der Waals surface area contributed by atoms with Crippen LogP contribution < -0.4 is 25.4 Å². The summed E-state index contributed by atoms with van der Waals surface area (Å²) in [5, 5.41) is 7.83. The first-order valence-corrected chi connectivity index (χ1v) is 16.4. The molecule has 1 aliphatic rings. The van der Waals surface area contributed by atoms with E-state index in [2.05, 4.69) is 10.4 Å². The lowest BCUT2D eigenvalue weighted by Gasteiger charge is -2.24. The van der Waals surface area contributed by atoms with Crippen LogP contribution in [0.1, 0.15) is 57.2 Å². The Hall–Kier alpha value is -5.61. The van der Waals surface area contributed by atoms with Crippen LogP contribution in [0, 0.1) is 6.92 Å². The molecule has 1 saturated carbocycles. The number of nitrogen functional groups attached to an aromatic ring is 1. The lowest BCUT2D eigenvalue weighted by atomic mass is 10.1. The van der Waals surface area contributed by atoms with Gasteiger partial charge in [-0.1, -0.05) is 60.1 Å². The minimum atomic E-state index is -0.366. The minimum Gasteiger partial charge on any atom is -0.487 e. The zero-order valence-electron chi connectivity index (χ0n) is 27.2. The molecule has 2 amide bonds. The quantitative estimate of drug-likeness (QED) is 0.135. The molecule has 1 fully saturated rings. The van der Waals surface area contributed by atoms with E-state index in [4.69, 9.17) is 26.8 Å². The first kappa shape index (κ1) is 33.3. The molecule has 49 heavy (non-hydrogen) atoms. The number of hydrogen-bond acceptors (Lipinski definition) is 7. The minimum absolute atomic E-state index is 0.139. The topological polar surface area (TPSA) is 129 Å². The number of amides is 2. The fourth-order valence-corrected chi connectivity index (χ4v) is 5.51. The fraction of sp³-hybridized carbons (Fsp3) is 0.211. The van der Waals surface area contributed by atoms with E-state index < -0.39 is 0 Å². The number of hydrogen-bond donors (Lipinski definition) is 2. The third-order valence-electron chi connectivity index (χ3n) is 8.19. The number of anilines is 2. The summed E-state index contributed by atoms with van der Waals surface area (Å²) in [6.07, 6.45) is 3.37. The van der Waals surface area contributed by atoms with Crippen LogP contribution in [-0.4, -0.2) is 46.6 Å². The van der Waals surface area contributed by atoms with Gasteiger partial charge in [0.1, 0.15) is 23.9 Å². The van der Waals surface area contributed by atoms with Crippen molar-refractivity contribution in [1.82, 2.24) is 15.1 Å². The Balaban J connectivity index is 1.15. The lowest BCUT2D eigenvalue weighted by Crippen LogP contribution is -2.35. The van der Waals surface area contributed by atoms with Gasteiger partial charge in [0.2, 0.25) is 0 Å². The van der Waals surface area contributed by atoms with Crippen LogP contribution in [0.5, 0.6) is 11.5 Å². The number of nitrogens with zero attached hydrogens (tertiary/aromatic N) is 3. The standard InChI is InChI=1S/C38H36ClN5O5/c1-3-43(33-20-28(39)14-17-34(33)49-22-25-8-5-4-6-9-25)35(45)23-48-30-11-7-10-26(18-30)36(46)31-21-41-44(37(31)40)32-19-27(13-12-24(32)2)38(47)42-29-15-16-29/h4-14,17-21,29H,3,15-16,22-23,40H2,1-2H3,(H,42,47). The van der Waals surface area contributed by atoms with E-state index in [0.717, 1.165) is 24.0 Å². The van der Waals surface area contributed by atoms with Gasteiger partial charge < -0.3 is 25.4 Å². The van der Waals surface area contributed by atoms with Gasteiger partial charge in [0, 0.05) is 28.7 Å². The predicted molar refractivity (Wildman–Crippen MR) is 189 cm³/mol. The number of ketones is 1. The third-order valence-corrected chi connectivity index (χ3v) is 8.42. The highest BCUT2D eigenvalue weighted by Crippen LogP contribution is 2.33. The number of carbonyl (C=O) groups excluding carboxylic acids is 3. The van der Waals surface area contributed by atoms with Crippen molar-refractivity contribution >= 4 is 40.7 Å². The Kier molecular flexibility index (Phi) is 9.96. The third kappa shape index (κ3) is 7.76. The van der Waals surface area contributed by atoms with Crippen LogP contribution in [0.25, 0.3) is 5.69 Å². The Bertz CT molecular complexity index is 2010. The van der Waals surface area contributed by atoms with Crippen molar-refractivity contribution < 1.29 is 23.9 Å². The van der Waals surface area contributed by atoms with Gasteiger partial charge in [-0.3, -0.25) is 14.4 Å². The van der Waals surface area contributed by atoms with Crippen molar-refractivity contribution in [3.8, 4) is 17.2 Å². The van der Waals surface area contributed by atoms with Gasteiger partial charge in [-0.05, 0) is 80.3 Å². The second-order valence-electron chi connectivity index (χ2n) is 11.8. The van der Waals surface area contributed by atoms with E-state index in [9.17, 15) is 14.4 Å². The van der Waals surface area contributed by atoms with Gasteiger partial charge in [0.25, 0.3) is 11.8 Å². The summed E-state index contributed by atoms with van der Waals surface area (Å²) < 4.78 is 13.4. The number of benzene rings is 4. The smallest absolute Gasteiger partial charge is 0.265 e. The van der Waals surface area contributed by atoms with Crippen molar-refractivity contribution in [2.75, 3.05) is 23.8 Å². The van der Waals surface area contributed by atoms with E-state index in [1.807, 2.05) is 50.2 Å². The van der Waals surface area contributed by atoms with Gasteiger partial charge >= 0.3 is 0 Å². The Labute approximate surface area is 289 Å². The van der Waals surface area contributed by atoms with Crippen LogP contribution in [0.2, 0.25) is 5.02 Å². The van der Waals surface area contributed by atoms with Gasteiger partial charge in [-0.15, -0.1) is 0 Å². The molecular formula is C38H36ClN5O5. The first-order chi connectivity index (χ1) is 23.7. The maximum atomic E-state index is 13.6. The van der Waals surface area contributed by atoms with Crippen LogP contribution in [0.15, 0.2) is 97.2 Å². The average Bonchev–Trinajstić information content (AvgIpc) is 3.85. The number of ether oxygens (including phenoxy) is 2. The summed E-state index contributed by atoms with van der Waals surface area (Å²) in [7, 11) is 0. The highest BCUT2D eigenvalue weighted by atomic mass is 35.5. The van der Waals surface area contributed by atoms with Gasteiger partial charge in [0.15, 0.2) is 12.4 Å². The molecule has 0 aliphatic heterocycles. The van der Waals surface area contributed by atoms with Crippen molar-refractivity contribution in [1.29, 1.82) is 0 Å². The molecule has 0 radical (unpaired) electrons. The molecule has 0 unspecified atom stereocenters. The summed E-state index contributed by atoms with van der Waals surface area (Å²) in [6, 6.07) is 26.9. The summed E-state index contributed by atoms with van der Waals surface area (Å²) in [4.78, 5) is 41.3. The molecule has 5 aromatic rings. The van der Waals surface area contributed by atoms with E-state index in [1.54, 1.807) is 59.5 Å². The SMILES string of the molecule is CCN(C(=O)COc1cccc(C(=O)c2cnn(-c3cc(C(=O)NC4CC4)ccc3C)c2N)c1)c1cc(Cl)ccc1OCc1ccccc1. The van der Waals surface area contributed by atoms with Gasteiger partial charge in [-0.25, -0.2) is 4.68 Å². The number of likely N-dealkylation sites (N-methyl/N-ethyl adjacent to an activating group) is 1. The number of aromatic nitrogens is 2. The molecule has 0 saturated heterocycles. The largest absolute Gasteiger partial charge is 0.487 e. The second kappa shape index (κ2) is 14.7. The molecular weight excluding hydrogens is 642 g/mol. The van der Waals surface area contributed by atoms with Crippen molar-refractivity contribution in [2.24, 2.45) is 0 Å². The van der Waals surface area contributed by atoms with Crippen LogP contribution in [0.3, 0.4) is 0 Å². The highest BCUT2D eigenvalue weighted by molar-refractivity contribution is 6.31. The van der Waals surface area contributed by atoms with Gasteiger partial charge in [-0.2, -0.15) is 5.10 Å². The molecule has 0 bridgehead atoms. The number of nitrogens with one attached hydrogen (secondary N) is 1. The summed E-state index contributed by atoms with van der Waals surface area (Å²) in [5.41, 5.74) is 10.4. The number of nitrogens with two attached hydrogens (primary N) is 1. The molecule has 4 aromatic carbocycles. The van der Waals surface area contributed by atoms with Crippen molar-refractivity contribution in [2.45, 2.75) is 39.3 Å². The van der Waals surface area contributed by atoms with Crippen molar-refractivity contribution in [3.63, 3.8) is 0 Å². The maximum absolute atomic E-state index is 13.6. The average molecular weight is 678 g/mol. The van der Waals surface area contributed by atoms with Crippen LogP contribution >= 0.6 is 11.6 Å². The van der Waals surface area contributed by atoms with Crippen LogP contribution in [0.4, 0.5) is 11.5 Å².